The van der Waals surface area contributed by atoms with Gasteiger partial charge in [-0.05, 0) is 35.4 Å². The molecule has 0 bridgehead atoms. The fraction of sp³-hybridized carbons (Fsp3) is 0.375. The van der Waals surface area contributed by atoms with Crippen molar-refractivity contribution >= 4 is 11.9 Å². The van der Waals surface area contributed by atoms with Gasteiger partial charge in [-0.3, -0.25) is 4.79 Å². The van der Waals surface area contributed by atoms with Gasteiger partial charge in [0, 0.05) is 6.42 Å². The number of quaternary nitrogens is 1. The number of hydrogen-bond acceptors (Lipinski definition) is 5. The summed E-state index contributed by atoms with van der Waals surface area (Å²) in [5.41, 5.74) is 3.19. The Labute approximate surface area is 177 Å². The molecule has 6 nitrogen and oxygen atoms in total. The van der Waals surface area contributed by atoms with E-state index in [1.165, 1.54) is 5.56 Å². The van der Waals surface area contributed by atoms with Crippen LogP contribution in [-0.4, -0.2) is 51.9 Å². The van der Waals surface area contributed by atoms with Gasteiger partial charge >= 0.3 is 0 Å². The average molecular weight is 410 g/mol. The molecule has 0 saturated heterocycles. The molecule has 0 N–H and O–H groups in total. The third-order valence-electron chi connectivity index (χ3n) is 6.05. The number of allylic oxidation sites excluding steroid dienone is 1. The van der Waals surface area contributed by atoms with Gasteiger partial charge in [-0.15, -0.1) is 0 Å². The molecule has 1 atom stereocenters. The Morgan fingerprint density at radius 2 is 1.93 bits per heavy atom. The van der Waals surface area contributed by atoms with Crippen molar-refractivity contribution in [2.75, 3.05) is 41.7 Å². The second kappa shape index (κ2) is 8.03. The van der Waals surface area contributed by atoms with E-state index in [0.29, 0.717) is 22.4 Å². The zero-order valence-electron chi connectivity index (χ0n) is 17.9. The number of carbonyl (C=O) groups excluding carboxylic acids is 1. The van der Waals surface area contributed by atoms with Crippen LogP contribution in [-0.2, 0) is 11.2 Å². The van der Waals surface area contributed by atoms with E-state index in [9.17, 15) is 4.79 Å². The highest BCUT2D eigenvalue weighted by Gasteiger charge is 2.41. The van der Waals surface area contributed by atoms with E-state index in [2.05, 4.69) is 14.1 Å². The predicted octanol–water partition coefficient (Wildman–Crippen LogP) is 3.78. The summed E-state index contributed by atoms with van der Waals surface area (Å²) in [6.45, 7) is 1.14. The van der Waals surface area contributed by atoms with Crippen molar-refractivity contribution in [3.63, 3.8) is 0 Å². The summed E-state index contributed by atoms with van der Waals surface area (Å²) in [4.78, 5) is 12.9. The zero-order valence-corrected chi connectivity index (χ0v) is 17.9. The SMILES string of the molecule is COc1ccc(/C=C/C(=O)C[C@@H]2c3c(cc4c(c3OC)OCO4)CC[N+]2(C)C)cc1. The topological polar surface area (TPSA) is 54.0 Å². The molecule has 0 radical (unpaired) electrons. The number of carbonyl (C=O) groups is 1. The minimum absolute atomic E-state index is 0.0220. The van der Waals surface area contributed by atoms with Gasteiger partial charge in [-0.25, -0.2) is 0 Å². The summed E-state index contributed by atoms with van der Waals surface area (Å²) in [6, 6.07) is 9.66. The third kappa shape index (κ3) is 3.75. The third-order valence-corrected chi connectivity index (χ3v) is 6.05. The minimum Gasteiger partial charge on any atom is -0.497 e. The first-order valence-electron chi connectivity index (χ1n) is 10.1. The van der Waals surface area contributed by atoms with E-state index in [0.717, 1.165) is 35.6 Å². The van der Waals surface area contributed by atoms with Crippen molar-refractivity contribution in [1.82, 2.24) is 0 Å². The van der Waals surface area contributed by atoms with Crippen molar-refractivity contribution in [3.05, 3.63) is 53.1 Å². The molecule has 2 heterocycles. The lowest BCUT2D eigenvalue weighted by molar-refractivity contribution is -0.922. The van der Waals surface area contributed by atoms with E-state index in [4.69, 9.17) is 18.9 Å². The molecule has 2 aromatic carbocycles. The molecule has 2 aliphatic heterocycles. The van der Waals surface area contributed by atoms with Gasteiger partial charge in [0.15, 0.2) is 17.3 Å². The summed E-state index contributed by atoms with van der Waals surface area (Å²) in [7, 11) is 7.61. The van der Waals surface area contributed by atoms with E-state index >= 15 is 0 Å². The number of likely N-dealkylation sites (N-methyl/N-ethyl adjacent to an activating group) is 1. The molecule has 0 aromatic heterocycles. The van der Waals surface area contributed by atoms with Gasteiger partial charge in [0.1, 0.15) is 11.8 Å². The summed E-state index contributed by atoms with van der Waals surface area (Å²) in [5.74, 6) is 2.94. The van der Waals surface area contributed by atoms with Crippen molar-refractivity contribution in [1.29, 1.82) is 0 Å². The number of methoxy groups -OCH3 is 2. The summed E-state index contributed by atoms with van der Waals surface area (Å²) < 4.78 is 22.9. The van der Waals surface area contributed by atoms with Gasteiger partial charge < -0.3 is 23.4 Å². The predicted molar refractivity (Wildman–Crippen MR) is 114 cm³/mol. The molecule has 0 unspecified atom stereocenters. The molecule has 0 amide bonds. The lowest BCUT2D eigenvalue weighted by atomic mass is 9.86. The van der Waals surface area contributed by atoms with Crippen molar-refractivity contribution in [2.24, 2.45) is 0 Å². The number of hydrogen-bond donors (Lipinski definition) is 0. The van der Waals surface area contributed by atoms with E-state index in [-0.39, 0.29) is 18.6 Å². The Kier molecular flexibility index (Phi) is 5.43. The van der Waals surface area contributed by atoms with Gasteiger partial charge in [0.05, 0.1) is 46.8 Å². The number of benzene rings is 2. The molecule has 0 spiro atoms. The van der Waals surface area contributed by atoms with Crippen LogP contribution in [0.4, 0.5) is 0 Å². The van der Waals surface area contributed by atoms with Gasteiger partial charge in [0.25, 0.3) is 0 Å². The fourth-order valence-electron chi connectivity index (χ4n) is 4.28. The van der Waals surface area contributed by atoms with Gasteiger partial charge in [-0.2, -0.15) is 0 Å². The van der Waals surface area contributed by atoms with Crippen LogP contribution >= 0.6 is 0 Å². The summed E-state index contributed by atoms with van der Waals surface area (Å²) in [6.07, 6.45) is 4.81. The van der Waals surface area contributed by atoms with Crippen LogP contribution in [0.2, 0.25) is 0 Å². The maximum Gasteiger partial charge on any atom is 0.231 e. The van der Waals surface area contributed by atoms with Gasteiger partial charge in [0.2, 0.25) is 12.5 Å². The monoisotopic (exact) mass is 410 g/mol. The van der Waals surface area contributed by atoms with Crippen LogP contribution in [0, 0.1) is 0 Å². The standard InChI is InChI=1S/C24H28NO5/c1-25(2)12-11-17-13-21-23(30-15-29-21)24(28-4)22(17)20(25)14-18(26)8-5-16-6-9-19(27-3)10-7-16/h5-10,13,20H,11-12,14-15H2,1-4H3/q+1/b8-5+/t20-/m1/s1. The molecule has 158 valence electrons. The first kappa shape index (κ1) is 20.3. The molecule has 4 rings (SSSR count). The zero-order chi connectivity index (χ0) is 21.3. The normalized spacial score (nSPS) is 18.9. The molecule has 0 fully saturated rings. The Balaban J connectivity index is 1.62. The first-order valence-corrected chi connectivity index (χ1v) is 10.1. The Hall–Kier alpha value is -2.99. The van der Waals surface area contributed by atoms with Crippen molar-refractivity contribution < 1.29 is 28.2 Å². The molecule has 30 heavy (non-hydrogen) atoms. The summed E-state index contributed by atoms with van der Waals surface area (Å²) >= 11 is 0. The molecule has 0 saturated carbocycles. The molecule has 0 aliphatic carbocycles. The van der Waals surface area contributed by atoms with Crippen LogP contribution < -0.4 is 18.9 Å². The highest BCUT2D eigenvalue weighted by Crippen LogP contribution is 2.51. The van der Waals surface area contributed by atoms with Crippen LogP contribution in [0.5, 0.6) is 23.0 Å². The lowest BCUT2D eigenvalue weighted by Crippen LogP contribution is -2.48. The second-order valence-corrected chi connectivity index (χ2v) is 8.26. The first-order chi connectivity index (χ1) is 14.4. The van der Waals surface area contributed by atoms with Crippen molar-refractivity contribution in [3.8, 4) is 23.0 Å². The number of rotatable bonds is 6. The van der Waals surface area contributed by atoms with Crippen LogP contribution in [0.25, 0.3) is 6.08 Å². The molecule has 2 aromatic rings. The van der Waals surface area contributed by atoms with E-state index in [1.807, 2.05) is 36.4 Å². The Morgan fingerprint density at radius 1 is 1.17 bits per heavy atom. The largest absolute Gasteiger partial charge is 0.497 e. The van der Waals surface area contributed by atoms with E-state index < -0.39 is 0 Å². The molecular weight excluding hydrogens is 382 g/mol. The highest BCUT2D eigenvalue weighted by atomic mass is 16.7. The molecule has 2 aliphatic rings. The van der Waals surface area contributed by atoms with Crippen molar-refractivity contribution in [2.45, 2.75) is 18.9 Å². The number of fused-ring (bicyclic) bond motifs is 2. The lowest BCUT2D eigenvalue weighted by Gasteiger charge is -2.43. The fourth-order valence-corrected chi connectivity index (χ4v) is 4.28. The number of ketones is 1. The van der Waals surface area contributed by atoms with Crippen LogP contribution in [0.3, 0.4) is 0 Å². The number of ether oxygens (including phenoxy) is 4. The van der Waals surface area contributed by atoms with Crippen LogP contribution in [0.15, 0.2) is 36.4 Å². The second-order valence-electron chi connectivity index (χ2n) is 8.26. The minimum atomic E-state index is -0.0220. The maximum atomic E-state index is 12.9. The maximum absolute atomic E-state index is 12.9. The Bertz CT molecular complexity index is 978. The number of nitrogens with zero attached hydrogens (tertiary/aromatic N) is 1. The molecule has 6 heteroatoms. The average Bonchev–Trinajstić information content (AvgIpc) is 3.21. The van der Waals surface area contributed by atoms with Gasteiger partial charge in [-0.1, -0.05) is 18.2 Å². The summed E-state index contributed by atoms with van der Waals surface area (Å²) in [5, 5.41) is 0. The smallest absolute Gasteiger partial charge is 0.231 e. The highest BCUT2D eigenvalue weighted by molar-refractivity contribution is 5.94. The Morgan fingerprint density at radius 3 is 2.63 bits per heavy atom. The van der Waals surface area contributed by atoms with Crippen LogP contribution in [0.1, 0.15) is 29.2 Å². The molecular formula is C24H28NO5+. The van der Waals surface area contributed by atoms with E-state index in [1.54, 1.807) is 20.3 Å². The quantitative estimate of drug-likeness (QED) is 0.536.